The highest BCUT2D eigenvalue weighted by atomic mass is 19.1. The third-order valence-electron chi connectivity index (χ3n) is 6.15. The van der Waals surface area contributed by atoms with Crippen LogP contribution in [0.3, 0.4) is 0 Å². The predicted octanol–water partition coefficient (Wildman–Crippen LogP) is 3.43. The second-order valence-electron chi connectivity index (χ2n) is 7.90. The first kappa shape index (κ1) is 18.9. The lowest BCUT2D eigenvalue weighted by Crippen LogP contribution is -2.47. The number of benzene rings is 1. The second kappa shape index (κ2) is 7.51. The van der Waals surface area contributed by atoms with Gasteiger partial charge in [0.1, 0.15) is 11.5 Å². The molecular formula is C22H26FN3O2. The van der Waals surface area contributed by atoms with Crippen molar-refractivity contribution in [1.82, 2.24) is 9.88 Å². The molecule has 28 heavy (non-hydrogen) atoms. The van der Waals surface area contributed by atoms with Crippen LogP contribution in [0.15, 0.2) is 42.6 Å². The summed E-state index contributed by atoms with van der Waals surface area (Å²) in [6.07, 6.45) is 4.25. The number of likely N-dealkylation sites (tertiary alicyclic amines) is 1. The van der Waals surface area contributed by atoms with Gasteiger partial charge in [0.25, 0.3) is 5.91 Å². The van der Waals surface area contributed by atoms with E-state index in [0.717, 1.165) is 30.5 Å². The van der Waals surface area contributed by atoms with E-state index in [1.54, 1.807) is 18.3 Å². The van der Waals surface area contributed by atoms with Crippen LogP contribution in [0.5, 0.6) is 0 Å². The number of hydrogen-bond donors (Lipinski definition) is 0. The SMILES string of the molecule is Cc1cccnc1C(=O)N1CCC2(CC1)CC(N(C)c1ccc(F)cc1)CO2. The lowest BCUT2D eigenvalue weighted by atomic mass is 9.87. The Kier molecular flexibility index (Phi) is 5.06. The van der Waals surface area contributed by atoms with Crippen LogP contribution in [0.1, 0.15) is 35.3 Å². The molecule has 1 aromatic heterocycles. The monoisotopic (exact) mass is 383 g/mol. The Balaban J connectivity index is 1.38. The van der Waals surface area contributed by atoms with Gasteiger partial charge in [0.2, 0.25) is 0 Å². The van der Waals surface area contributed by atoms with Crippen LogP contribution in [0.4, 0.5) is 10.1 Å². The van der Waals surface area contributed by atoms with Crippen LogP contribution < -0.4 is 4.90 Å². The van der Waals surface area contributed by atoms with Crippen LogP contribution in [-0.4, -0.2) is 54.2 Å². The molecule has 0 radical (unpaired) electrons. The number of aromatic nitrogens is 1. The number of ether oxygens (including phenoxy) is 1. The van der Waals surface area contributed by atoms with E-state index in [4.69, 9.17) is 4.74 Å². The average molecular weight is 383 g/mol. The van der Waals surface area contributed by atoms with Gasteiger partial charge in [0.05, 0.1) is 18.2 Å². The Morgan fingerprint density at radius 3 is 2.64 bits per heavy atom. The van der Waals surface area contributed by atoms with Gasteiger partial charge in [0, 0.05) is 32.0 Å². The van der Waals surface area contributed by atoms with E-state index in [-0.39, 0.29) is 23.4 Å². The van der Waals surface area contributed by atoms with Gasteiger partial charge in [-0.25, -0.2) is 4.39 Å². The average Bonchev–Trinajstić information content (AvgIpc) is 3.12. The molecule has 5 nitrogen and oxygen atoms in total. The Hall–Kier alpha value is -2.47. The van der Waals surface area contributed by atoms with Crippen LogP contribution in [-0.2, 0) is 4.74 Å². The lowest BCUT2D eigenvalue weighted by Gasteiger charge is -2.39. The summed E-state index contributed by atoms with van der Waals surface area (Å²) in [6.45, 7) is 3.94. The number of rotatable bonds is 3. The molecule has 0 N–H and O–H groups in total. The van der Waals surface area contributed by atoms with Gasteiger partial charge in [-0.2, -0.15) is 0 Å². The minimum atomic E-state index is -0.225. The largest absolute Gasteiger partial charge is 0.373 e. The van der Waals surface area contributed by atoms with Gasteiger partial charge in [-0.3, -0.25) is 9.78 Å². The summed E-state index contributed by atoms with van der Waals surface area (Å²) in [5, 5.41) is 0. The minimum Gasteiger partial charge on any atom is -0.373 e. The van der Waals surface area contributed by atoms with Crippen LogP contribution >= 0.6 is 0 Å². The summed E-state index contributed by atoms with van der Waals surface area (Å²) in [4.78, 5) is 21.1. The van der Waals surface area contributed by atoms with E-state index < -0.39 is 0 Å². The van der Waals surface area contributed by atoms with Gasteiger partial charge >= 0.3 is 0 Å². The van der Waals surface area contributed by atoms with E-state index in [2.05, 4.69) is 9.88 Å². The molecule has 0 bridgehead atoms. The zero-order valence-electron chi connectivity index (χ0n) is 16.4. The molecule has 0 saturated carbocycles. The van der Waals surface area contributed by atoms with Crippen molar-refractivity contribution in [2.24, 2.45) is 0 Å². The molecular weight excluding hydrogens is 357 g/mol. The first-order valence-corrected chi connectivity index (χ1v) is 9.81. The fourth-order valence-corrected chi connectivity index (χ4v) is 4.28. The van der Waals surface area contributed by atoms with E-state index in [1.165, 1.54) is 12.1 Å². The zero-order chi connectivity index (χ0) is 19.7. The van der Waals surface area contributed by atoms with Crippen LogP contribution in [0.2, 0.25) is 0 Å². The predicted molar refractivity (Wildman–Crippen MR) is 106 cm³/mol. The molecule has 6 heteroatoms. The molecule has 3 heterocycles. The van der Waals surface area contributed by atoms with Gasteiger partial charge in [-0.05, 0) is 62.1 Å². The molecule has 1 amide bonds. The maximum atomic E-state index is 13.2. The number of halogens is 1. The second-order valence-corrected chi connectivity index (χ2v) is 7.90. The first-order chi connectivity index (χ1) is 13.5. The van der Waals surface area contributed by atoms with Crippen molar-refractivity contribution in [3.63, 3.8) is 0 Å². The van der Waals surface area contributed by atoms with E-state index in [1.807, 2.05) is 31.0 Å². The topological polar surface area (TPSA) is 45.7 Å². The first-order valence-electron chi connectivity index (χ1n) is 9.81. The number of pyridine rings is 1. The molecule has 0 aliphatic carbocycles. The quantitative estimate of drug-likeness (QED) is 0.815. The third-order valence-corrected chi connectivity index (χ3v) is 6.15. The number of amides is 1. The van der Waals surface area contributed by atoms with Gasteiger partial charge in [-0.15, -0.1) is 0 Å². The van der Waals surface area contributed by atoms with Crippen molar-refractivity contribution >= 4 is 11.6 Å². The van der Waals surface area contributed by atoms with Crippen molar-refractivity contribution in [3.05, 3.63) is 59.7 Å². The molecule has 1 spiro atoms. The van der Waals surface area contributed by atoms with E-state index in [9.17, 15) is 9.18 Å². The maximum Gasteiger partial charge on any atom is 0.272 e. The molecule has 1 aromatic carbocycles. The summed E-state index contributed by atoms with van der Waals surface area (Å²) in [5.74, 6) is -0.220. The standard InChI is InChI=1S/C22H26FN3O2/c1-16-4-3-11-24-20(16)21(27)26-12-9-22(10-13-26)14-19(15-28-22)25(2)18-7-5-17(23)6-8-18/h3-8,11,19H,9-10,12-15H2,1-2H3. The van der Waals surface area contributed by atoms with E-state index >= 15 is 0 Å². The normalized spacial score (nSPS) is 21.1. The molecule has 4 rings (SSSR count). The number of nitrogens with zero attached hydrogens (tertiary/aromatic N) is 3. The van der Waals surface area contributed by atoms with Gasteiger partial charge in [-0.1, -0.05) is 6.07 Å². The van der Waals surface area contributed by atoms with Crippen molar-refractivity contribution in [2.45, 2.75) is 37.8 Å². The highest BCUT2D eigenvalue weighted by Crippen LogP contribution is 2.38. The Morgan fingerprint density at radius 1 is 1.25 bits per heavy atom. The highest BCUT2D eigenvalue weighted by molar-refractivity contribution is 5.93. The number of piperidine rings is 1. The van der Waals surface area contributed by atoms with Gasteiger partial charge in [0.15, 0.2) is 0 Å². The Bertz CT molecular complexity index is 847. The number of likely N-dealkylation sites (N-methyl/N-ethyl adjacent to an activating group) is 1. The zero-order valence-corrected chi connectivity index (χ0v) is 16.4. The molecule has 1 atom stereocenters. The number of aryl methyl sites for hydroxylation is 1. The number of carbonyl (C=O) groups is 1. The molecule has 2 fully saturated rings. The highest BCUT2D eigenvalue weighted by Gasteiger charge is 2.44. The Morgan fingerprint density at radius 2 is 1.96 bits per heavy atom. The van der Waals surface area contributed by atoms with Crippen molar-refractivity contribution in [3.8, 4) is 0 Å². The van der Waals surface area contributed by atoms with Crippen LogP contribution in [0.25, 0.3) is 0 Å². The maximum absolute atomic E-state index is 13.2. The summed E-state index contributed by atoms with van der Waals surface area (Å²) < 4.78 is 19.4. The molecule has 148 valence electrons. The van der Waals surface area contributed by atoms with Crippen molar-refractivity contribution in [1.29, 1.82) is 0 Å². The Labute approximate surface area is 165 Å². The molecule has 2 aromatic rings. The molecule has 1 unspecified atom stereocenters. The number of carbonyl (C=O) groups excluding carboxylic acids is 1. The molecule has 2 saturated heterocycles. The molecule has 2 aliphatic rings. The van der Waals surface area contributed by atoms with Crippen LogP contribution in [0, 0.1) is 12.7 Å². The smallest absolute Gasteiger partial charge is 0.272 e. The molecule has 2 aliphatic heterocycles. The summed E-state index contributed by atoms with van der Waals surface area (Å²) >= 11 is 0. The van der Waals surface area contributed by atoms with Crippen molar-refractivity contribution in [2.75, 3.05) is 31.6 Å². The fourth-order valence-electron chi connectivity index (χ4n) is 4.28. The van der Waals surface area contributed by atoms with Crippen molar-refractivity contribution < 1.29 is 13.9 Å². The third kappa shape index (κ3) is 3.61. The summed E-state index contributed by atoms with van der Waals surface area (Å²) in [6, 6.07) is 10.6. The lowest BCUT2D eigenvalue weighted by molar-refractivity contribution is -0.0389. The fraction of sp³-hybridized carbons (Fsp3) is 0.455. The summed E-state index contributed by atoms with van der Waals surface area (Å²) in [7, 11) is 2.03. The van der Waals surface area contributed by atoms with E-state index in [0.29, 0.717) is 25.4 Å². The van der Waals surface area contributed by atoms with Gasteiger partial charge < -0.3 is 14.5 Å². The number of hydrogen-bond acceptors (Lipinski definition) is 4. The minimum absolute atomic E-state index is 0.00549. The number of anilines is 1. The summed E-state index contributed by atoms with van der Waals surface area (Å²) in [5.41, 5.74) is 2.27.